The van der Waals surface area contributed by atoms with E-state index in [1.807, 2.05) is 13.0 Å². The molecule has 0 saturated heterocycles. The van der Waals surface area contributed by atoms with E-state index in [4.69, 9.17) is 4.98 Å². The summed E-state index contributed by atoms with van der Waals surface area (Å²) < 4.78 is 43.2. The van der Waals surface area contributed by atoms with Crippen LogP contribution in [0.15, 0.2) is 57.8 Å². The van der Waals surface area contributed by atoms with E-state index in [-0.39, 0.29) is 40.3 Å². The highest BCUT2D eigenvalue weighted by atomic mass is 79.9. The highest BCUT2D eigenvalue weighted by molar-refractivity contribution is 9.10. The maximum atomic E-state index is 13.9. The van der Waals surface area contributed by atoms with Crippen LogP contribution in [-0.2, 0) is 19.1 Å². The molecule has 1 unspecified atom stereocenters. The summed E-state index contributed by atoms with van der Waals surface area (Å²) in [5, 5.41) is 14.2. The summed E-state index contributed by atoms with van der Waals surface area (Å²) in [6.45, 7) is 5.30. The van der Waals surface area contributed by atoms with Gasteiger partial charge in [0.1, 0.15) is 5.75 Å². The number of halogens is 4. The minimum atomic E-state index is -4.63. The van der Waals surface area contributed by atoms with E-state index in [1.54, 1.807) is 26.0 Å². The molecule has 8 nitrogen and oxygen atoms in total. The Bertz CT molecular complexity index is 1660. The highest BCUT2D eigenvalue weighted by Crippen LogP contribution is 2.36. The predicted octanol–water partition coefficient (Wildman–Crippen LogP) is 5.11. The number of fused-ring (bicyclic) bond motifs is 1. The number of aromatic hydroxyl groups is 1. The summed E-state index contributed by atoms with van der Waals surface area (Å²) in [4.78, 5) is 33.5. The molecule has 1 atom stereocenters. The van der Waals surface area contributed by atoms with Gasteiger partial charge in [0.25, 0.3) is 11.5 Å². The topological polar surface area (TPSA) is 93.2 Å². The Morgan fingerprint density at radius 2 is 1.79 bits per heavy atom. The van der Waals surface area contributed by atoms with Crippen molar-refractivity contribution in [3.8, 4) is 17.4 Å². The van der Waals surface area contributed by atoms with E-state index in [9.17, 15) is 27.9 Å². The molecule has 1 N–H and O–H groups in total. The van der Waals surface area contributed by atoms with Gasteiger partial charge in [0, 0.05) is 27.3 Å². The summed E-state index contributed by atoms with van der Waals surface area (Å²) >= 11 is 2.91. The van der Waals surface area contributed by atoms with Crippen LogP contribution >= 0.6 is 15.9 Å². The molecule has 5 rings (SSSR count). The van der Waals surface area contributed by atoms with Crippen LogP contribution in [0.3, 0.4) is 0 Å². The number of benzene rings is 2. The van der Waals surface area contributed by atoms with Crippen molar-refractivity contribution >= 4 is 21.8 Å². The third kappa shape index (κ3) is 4.84. The molecule has 0 fully saturated rings. The normalized spacial score (nSPS) is 15.4. The van der Waals surface area contributed by atoms with E-state index in [0.29, 0.717) is 22.6 Å². The SMILES string of the molecule is Cc1cc(C)n(-c2nc3c(c(=O)n2-c2ccc(O)cc2)CC(C)N(C(=O)c2ccc(Br)c(C(F)(F)F)c2)C3)n1. The highest BCUT2D eigenvalue weighted by Gasteiger charge is 2.36. The molecule has 2 aromatic heterocycles. The molecule has 1 aliphatic rings. The quantitative estimate of drug-likeness (QED) is 0.352. The minimum Gasteiger partial charge on any atom is -0.508 e. The molecular formula is C27H23BrF3N5O3. The van der Waals surface area contributed by atoms with E-state index in [1.165, 1.54) is 38.4 Å². The second kappa shape index (κ2) is 9.67. The first-order valence-electron chi connectivity index (χ1n) is 12.0. The van der Waals surface area contributed by atoms with Gasteiger partial charge in [-0.05, 0) is 75.7 Å². The molecule has 202 valence electrons. The summed E-state index contributed by atoms with van der Waals surface area (Å²) in [5.41, 5.74) is 1.23. The molecule has 1 amide bonds. The smallest absolute Gasteiger partial charge is 0.417 e. The van der Waals surface area contributed by atoms with Gasteiger partial charge in [0.05, 0.1) is 29.2 Å². The summed E-state index contributed by atoms with van der Waals surface area (Å²) in [7, 11) is 0. The van der Waals surface area contributed by atoms with Crippen LogP contribution in [0.5, 0.6) is 5.75 Å². The Labute approximate surface area is 229 Å². The fourth-order valence-corrected chi connectivity index (χ4v) is 5.24. The lowest BCUT2D eigenvalue weighted by atomic mass is 9.98. The fraction of sp³-hybridized carbons (Fsp3) is 0.259. The number of carbonyl (C=O) groups excluding carboxylic acids is 1. The fourth-order valence-electron chi connectivity index (χ4n) is 4.77. The van der Waals surface area contributed by atoms with Crippen LogP contribution < -0.4 is 5.56 Å². The van der Waals surface area contributed by atoms with Crippen molar-refractivity contribution in [2.24, 2.45) is 0 Å². The van der Waals surface area contributed by atoms with Gasteiger partial charge in [-0.15, -0.1) is 0 Å². The zero-order valence-electron chi connectivity index (χ0n) is 21.1. The van der Waals surface area contributed by atoms with Crippen molar-refractivity contribution < 1.29 is 23.1 Å². The first kappa shape index (κ1) is 26.7. The van der Waals surface area contributed by atoms with Gasteiger partial charge in [0.2, 0.25) is 5.95 Å². The zero-order chi connectivity index (χ0) is 28.2. The van der Waals surface area contributed by atoms with Gasteiger partial charge < -0.3 is 10.0 Å². The summed E-state index contributed by atoms with van der Waals surface area (Å²) in [6, 6.07) is 10.8. The number of nitrogens with zero attached hydrogens (tertiary/aromatic N) is 5. The van der Waals surface area contributed by atoms with Crippen molar-refractivity contribution in [2.75, 3.05) is 0 Å². The van der Waals surface area contributed by atoms with Crippen LogP contribution in [0.25, 0.3) is 11.6 Å². The third-order valence-electron chi connectivity index (χ3n) is 6.68. The number of hydrogen-bond acceptors (Lipinski definition) is 5. The number of phenolic OH excluding ortho intramolecular Hbond substituents is 1. The standard InChI is InChI=1S/C27H23BrF3N5O3/c1-14-10-16(3)36(33-14)26-32-23-13-34(24(38)17-4-9-22(28)21(12-17)27(29,30)31)15(2)11-20(23)25(39)35(26)18-5-7-19(37)8-6-18/h4-10,12,15,37H,11,13H2,1-3H3. The zero-order valence-corrected chi connectivity index (χ0v) is 22.7. The van der Waals surface area contributed by atoms with Crippen molar-refractivity contribution in [3.63, 3.8) is 0 Å². The van der Waals surface area contributed by atoms with Crippen LogP contribution in [0.4, 0.5) is 13.2 Å². The average Bonchev–Trinajstić information content (AvgIpc) is 3.21. The Kier molecular flexibility index (Phi) is 6.61. The number of carbonyl (C=O) groups is 1. The first-order valence-corrected chi connectivity index (χ1v) is 12.8. The van der Waals surface area contributed by atoms with Gasteiger partial charge in [0.15, 0.2) is 0 Å². The van der Waals surface area contributed by atoms with Gasteiger partial charge in [-0.1, -0.05) is 15.9 Å². The van der Waals surface area contributed by atoms with Gasteiger partial charge in [-0.25, -0.2) is 14.2 Å². The lowest BCUT2D eigenvalue weighted by molar-refractivity contribution is -0.138. The first-order chi connectivity index (χ1) is 18.3. The van der Waals surface area contributed by atoms with Crippen LogP contribution in [0, 0.1) is 13.8 Å². The van der Waals surface area contributed by atoms with Crippen LogP contribution in [0.2, 0.25) is 0 Å². The molecule has 0 radical (unpaired) electrons. The number of rotatable bonds is 3. The maximum Gasteiger partial charge on any atom is 0.417 e. The molecule has 0 spiro atoms. The molecule has 2 aromatic carbocycles. The largest absolute Gasteiger partial charge is 0.508 e. The Hall–Kier alpha value is -3.93. The monoisotopic (exact) mass is 601 g/mol. The van der Waals surface area contributed by atoms with E-state index >= 15 is 0 Å². The second-order valence-electron chi connectivity index (χ2n) is 9.51. The lowest BCUT2D eigenvalue weighted by Gasteiger charge is -2.34. The molecule has 1 aliphatic heterocycles. The number of amides is 1. The molecule has 4 aromatic rings. The van der Waals surface area contributed by atoms with Gasteiger partial charge in [-0.3, -0.25) is 9.59 Å². The molecule has 0 bridgehead atoms. The predicted molar refractivity (Wildman–Crippen MR) is 140 cm³/mol. The average molecular weight is 602 g/mol. The summed E-state index contributed by atoms with van der Waals surface area (Å²) in [5.74, 6) is -0.363. The number of phenols is 1. The van der Waals surface area contributed by atoms with E-state index in [2.05, 4.69) is 21.0 Å². The molecule has 39 heavy (non-hydrogen) atoms. The number of hydrogen-bond donors (Lipinski definition) is 1. The number of alkyl halides is 3. The molecule has 3 heterocycles. The Balaban J connectivity index is 1.62. The molecular weight excluding hydrogens is 579 g/mol. The number of aryl methyl sites for hydroxylation is 2. The van der Waals surface area contributed by atoms with Crippen LogP contribution in [0.1, 0.15) is 45.5 Å². The second-order valence-corrected chi connectivity index (χ2v) is 10.4. The number of aromatic nitrogens is 4. The molecule has 12 heteroatoms. The van der Waals surface area contributed by atoms with Gasteiger partial charge >= 0.3 is 6.18 Å². The summed E-state index contributed by atoms with van der Waals surface area (Å²) in [6.07, 6.45) is -4.48. The lowest BCUT2D eigenvalue weighted by Crippen LogP contribution is -2.46. The molecule has 0 aliphatic carbocycles. The minimum absolute atomic E-state index is 0.0368. The maximum absolute atomic E-state index is 13.9. The molecule has 0 saturated carbocycles. The van der Waals surface area contributed by atoms with Gasteiger partial charge in [-0.2, -0.15) is 18.3 Å². The Morgan fingerprint density at radius 1 is 1.10 bits per heavy atom. The van der Waals surface area contributed by atoms with Crippen molar-refractivity contribution in [3.05, 3.63) is 97.1 Å². The van der Waals surface area contributed by atoms with E-state index < -0.39 is 23.7 Å². The third-order valence-corrected chi connectivity index (χ3v) is 7.37. The van der Waals surface area contributed by atoms with Crippen LogP contribution in [-0.4, -0.2) is 41.3 Å². The van der Waals surface area contributed by atoms with Crippen molar-refractivity contribution in [2.45, 2.75) is 46.0 Å². The Morgan fingerprint density at radius 3 is 2.41 bits per heavy atom. The van der Waals surface area contributed by atoms with Crippen molar-refractivity contribution in [1.82, 2.24) is 24.2 Å². The van der Waals surface area contributed by atoms with Crippen molar-refractivity contribution in [1.29, 1.82) is 0 Å². The van der Waals surface area contributed by atoms with E-state index in [0.717, 1.165) is 11.8 Å².